The Hall–Kier alpha value is -0.610. The molecular weight excluding hydrogens is 228 g/mol. The summed E-state index contributed by atoms with van der Waals surface area (Å²) in [6.45, 7) is 4.24. The van der Waals surface area contributed by atoms with Gasteiger partial charge in [-0.05, 0) is 44.7 Å². The number of ether oxygens (including phenoxy) is 1. The summed E-state index contributed by atoms with van der Waals surface area (Å²) >= 11 is 0. The molecule has 1 atom stereocenters. The van der Waals surface area contributed by atoms with Gasteiger partial charge in [-0.3, -0.25) is 4.79 Å². The van der Waals surface area contributed by atoms with Gasteiger partial charge in [-0.1, -0.05) is 6.42 Å². The Morgan fingerprint density at radius 3 is 2.83 bits per heavy atom. The highest BCUT2D eigenvalue weighted by Crippen LogP contribution is 2.25. The minimum absolute atomic E-state index is 0.0976. The van der Waals surface area contributed by atoms with Crippen molar-refractivity contribution < 1.29 is 9.53 Å². The average molecular weight is 254 g/mol. The van der Waals surface area contributed by atoms with Gasteiger partial charge in [0, 0.05) is 19.1 Å². The number of likely N-dealkylation sites (tertiary alicyclic amines) is 1. The number of carbonyl (C=O) groups is 1. The molecule has 2 rings (SSSR count). The number of hydrogen-bond donors (Lipinski definition) is 1. The van der Waals surface area contributed by atoms with E-state index in [1.165, 1.54) is 45.8 Å². The predicted molar refractivity (Wildman–Crippen MR) is 71.4 cm³/mol. The van der Waals surface area contributed by atoms with E-state index in [2.05, 4.69) is 15.0 Å². The molecule has 0 radical (unpaired) electrons. The van der Waals surface area contributed by atoms with Crippen LogP contribution in [0.4, 0.5) is 0 Å². The zero-order chi connectivity index (χ0) is 12.8. The highest BCUT2D eigenvalue weighted by Gasteiger charge is 2.22. The summed E-state index contributed by atoms with van der Waals surface area (Å²) in [5.41, 5.74) is 0. The zero-order valence-corrected chi connectivity index (χ0v) is 11.5. The Kier molecular flexibility index (Phi) is 5.45. The van der Waals surface area contributed by atoms with Gasteiger partial charge in [-0.15, -0.1) is 0 Å². The standard InChI is InChI=1S/C14H26N2O2/c1-18-14(17)7-9-16-8-3-6-13(11-16)15-10-12-4-2-5-12/h12-13,15H,2-11H2,1H3. The largest absolute Gasteiger partial charge is 0.469 e. The molecule has 2 aliphatic rings. The van der Waals surface area contributed by atoms with Crippen LogP contribution in [0.15, 0.2) is 0 Å². The zero-order valence-electron chi connectivity index (χ0n) is 11.5. The Balaban J connectivity index is 1.62. The topological polar surface area (TPSA) is 41.6 Å². The lowest BCUT2D eigenvalue weighted by molar-refractivity contribution is -0.141. The molecule has 2 fully saturated rings. The van der Waals surface area contributed by atoms with Gasteiger partial charge in [-0.25, -0.2) is 0 Å². The molecule has 1 N–H and O–H groups in total. The van der Waals surface area contributed by atoms with Gasteiger partial charge in [0.25, 0.3) is 0 Å². The molecule has 0 spiro atoms. The molecule has 4 heteroatoms. The van der Waals surface area contributed by atoms with Crippen LogP contribution in [0.5, 0.6) is 0 Å². The fraction of sp³-hybridized carbons (Fsp3) is 0.929. The number of rotatable bonds is 6. The van der Waals surface area contributed by atoms with Gasteiger partial charge in [-0.2, -0.15) is 0 Å². The molecule has 104 valence electrons. The maximum Gasteiger partial charge on any atom is 0.306 e. The van der Waals surface area contributed by atoms with Crippen LogP contribution in [0.1, 0.15) is 38.5 Å². The monoisotopic (exact) mass is 254 g/mol. The third-order valence-electron chi connectivity index (χ3n) is 4.29. The Labute approximate surface area is 110 Å². The molecule has 0 aromatic carbocycles. The number of nitrogens with one attached hydrogen (secondary N) is 1. The fourth-order valence-corrected chi connectivity index (χ4v) is 2.81. The average Bonchev–Trinajstić information content (AvgIpc) is 2.34. The predicted octanol–water partition coefficient (Wildman–Crippen LogP) is 1.40. The number of carbonyl (C=O) groups excluding carboxylic acids is 1. The Bertz CT molecular complexity index is 267. The van der Waals surface area contributed by atoms with Crippen molar-refractivity contribution in [3.63, 3.8) is 0 Å². The van der Waals surface area contributed by atoms with E-state index in [1.807, 2.05) is 0 Å². The summed E-state index contributed by atoms with van der Waals surface area (Å²) in [6, 6.07) is 0.622. The highest BCUT2D eigenvalue weighted by atomic mass is 16.5. The Morgan fingerprint density at radius 2 is 2.17 bits per heavy atom. The van der Waals surface area contributed by atoms with Crippen molar-refractivity contribution in [2.75, 3.05) is 33.3 Å². The lowest BCUT2D eigenvalue weighted by atomic mass is 9.85. The van der Waals surface area contributed by atoms with Crippen LogP contribution in [0.2, 0.25) is 0 Å². The third kappa shape index (κ3) is 4.25. The van der Waals surface area contributed by atoms with Crippen molar-refractivity contribution in [3.05, 3.63) is 0 Å². The molecule has 1 heterocycles. The van der Waals surface area contributed by atoms with Gasteiger partial charge in [0.15, 0.2) is 0 Å². The van der Waals surface area contributed by atoms with E-state index >= 15 is 0 Å². The molecule has 1 unspecified atom stereocenters. The van der Waals surface area contributed by atoms with E-state index in [9.17, 15) is 4.79 Å². The minimum Gasteiger partial charge on any atom is -0.469 e. The smallest absolute Gasteiger partial charge is 0.306 e. The molecule has 0 amide bonds. The molecule has 18 heavy (non-hydrogen) atoms. The minimum atomic E-state index is -0.0976. The molecule has 4 nitrogen and oxygen atoms in total. The normalized spacial score (nSPS) is 25.7. The van der Waals surface area contributed by atoms with E-state index in [4.69, 9.17) is 0 Å². The number of methoxy groups -OCH3 is 1. The van der Waals surface area contributed by atoms with Crippen molar-refractivity contribution in [2.24, 2.45) is 5.92 Å². The molecule has 1 saturated carbocycles. The summed E-state index contributed by atoms with van der Waals surface area (Å²) in [4.78, 5) is 13.5. The maximum absolute atomic E-state index is 11.1. The number of esters is 1. The van der Waals surface area contributed by atoms with Gasteiger partial charge >= 0.3 is 5.97 Å². The molecular formula is C14H26N2O2. The van der Waals surface area contributed by atoms with Crippen molar-refractivity contribution in [1.82, 2.24) is 10.2 Å². The quantitative estimate of drug-likeness (QED) is 0.728. The van der Waals surface area contributed by atoms with Crippen molar-refractivity contribution >= 4 is 5.97 Å². The second-order valence-electron chi connectivity index (χ2n) is 5.67. The molecule has 1 saturated heterocycles. The van der Waals surface area contributed by atoms with Crippen LogP contribution in [0.3, 0.4) is 0 Å². The van der Waals surface area contributed by atoms with E-state index in [0.717, 1.165) is 25.6 Å². The van der Waals surface area contributed by atoms with Crippen molar-refractivity contribution in [3.8, 4) is 0 Å². The molecule has 1 aliphatic carbocycles. The second kappa shape index (κ2) is 7.10. The lowest BCUT2D eigenvalue weighted by Gasteiger charge is -2.35. The SMILES string of the molecule is COC(=O)CCN1CCCC(NCC2CCC2)C1. The van der Waals surface area contributed by atoms with Crippen LogP contribution < -0.4 is 5.32 Å². The maximum atomic E-state index is 11.1. The van der Waals surface area contributed by atoms with E-state index in [-0.39, 0.29) is 5.97 Å². The third-order valence-corrected chi connectivity index (χ3v) is 4.29. The van der Waals surface area contributed by atoms with E-state index < -0.39 is 0 Å². The summed E-state index contributed by atoms with van der Waals surface area (Å²) < 4.78 is 4.69. The summed E-state index contributed by atoms with van der Waals surface area (Å²) in [5, 5.41) is 3.70. The Morgan fingerprint density at radius 1 is 1.33 bits per heavy atom. The first-order chi connectivity index (χ1) is 8.78. The van der Waals surface area contributed by atoms with Crippen LogP contribution >= 0.6 is 0 Å². The molecule has 0 bridgehead atoms. The van der Waals surface area contributed by atoms with Gasteiger partial charge in [0.1, 0.15) is 0 Å². The van der Waals surface area contributed by atoms with Crippen LogP contribution in [0.25, 0.3) is 0 Å². The second-order valence-corrected chi connectivity index (χ2v) is 5.67. The first kappa shape index (κ1) is 13.8. The highest BCUT2D eigenvalue weighted by molar-refractivity contribution is 5.69. The number of hydrogen-bond acceptors (Lipinski definition) is 4. The number of nitrogens with zero attached hydrogens (tertiary/aromatic N) is 1. The van der Waals surface area contributed by atoms with E-state index in [0.29, 0.717) is 12.5 Å². The lowest BCUT2D eigenvalue weighted by Crippen LogP contribution is -2.47. The van der Waals surface area contributed by atoms with Crippen LogP contribution in [-0.4, -0.2) is 50.2 Å². The molecule has 0 aromatic rings. The fourth-order valence-electron chi connectivity index (χ4n) is 2.81. The first-order valence-electron chi connectivity index (χ1n) is 7.30. The van der Waals surface area contributed by atoms with Crippen molar-refractivity contribution in [2.45, 2.75) is 44.6 Å². The first-order valence-corrected chi connectivity index (χ1v) is 7.30. The van der Waals surface area contributed by atoms with Crippen molar-refractivity contribution in [1.29, 1.82) is 0 Å². The molecule has 0 aromatic heterocycles. The van der Waals surface area contributed by atoms with Crippen LogP contribution in [-0.2, 0) is 9.53 Å². The summed E-state index contributed by atoms with van der Waals surface area (Å²) in [6.07, 6.45) is 7.27. The van der Waals surface area contributed by atoms with E-state index in [1.54, 1.807) is 0 Å². The summed E-state index contributed by atoms with van der Waals surface area (Å²) in [5.74, 6) is 0.829. The summed E-state index contributed by atoms with van der Waals surface area (Å²) in [7, 11) is 1.46. The van der Waals surface area contributed by atoms with Gasteiger partial charge in [0.05, 0.1) is 13.5 Å². The van der Waals surface area contributed by atoms with Gasteiger partial charge in [0.2, 0.25) is 0 Å². The number of piperidine rings is 1. The molecule has 1 aliphatic heterocycles. The van der Waals surface area contributed by atoms with Crippen LogP contribution in [0, 0.1) is 5.92 Å². The van der Waals surface area contributed by atoms with Gasteiger partial charge < -0.3 is 15.0 Å².